The lowest BCUT2D eigenvalue weighted by Gasteiger charge is -2.18. The van der Waals surface area contributed by atoms with Crippen LogP contribution < -0.4 is 5.73 Å². The number of rotatable bonds is 5. The molecule has 100 valence electrons. The number of nitrogens with zero attached hydrogens (tertiary/aromatic N) is 1. The summed E-state index contributed by atoms with van der Waals surface area (Å²) in [6.45, 7) is 3.25. The topological polar surface area (TPSA) is 103 Å². The number of benzene rings is 1. The predicted molar refractivity (Wildman–Crippen MR) is 68.0 cm³/mol. The second-order valence-corrected chi connectivity index (χ2v) is 6.32. The highest BCUT2D eigenvalue weighted by atomic mass is 32.2. The van der Waals surface area contributed by atoms with Gasteiger partial charge in [0.1, 0.15) is 4.90 Å². The molecule has 1 aromatic carbocycles. The van der Waals surface area contributed by atoms with Gasteiger partial charge < -0.3 is 5.73 Å². The third kappa shape index (κ3) is 2.68. The van der Waals surface area contributed by atoms with Gasteiger partial charge in [0.25, 0.3) is 5.69 Å². The summed E-state index contributed by atoms with van der Waals surface area (Å²) in [6, 6.07) is 4.77. The molecule has 0 saturated carbocycles. The van der Waals surface area contributed by atoms with E-state index in [1.807, 2.05) is 0 Å². The normalized spacial score (nSPS) is 15.1. The van der Waals surface area contributed by atoms with E-state index in [0.717, 1.165) is 0 Å². The lowest BCUT2D eigenvalue weighted by Crippen LogP contribution is -2.38. The van der Waals surface area contributed by atoms with E-state index < -0.39 is 31.7 Å². The Labute approximate surface area is 106 Å². The van der Waals surface area contributed by atoms with E-state index in [9.17, 15) is 18.5 Å². The minimum Gasteiger partial charge on any atom is -0.327 e. The Balaban J connectivity index is 3.33. The quantitative estimate of drug-likeness (QED) is 0.646. The molecule has 18 heavy (non-hydrogen) atoms. The summed E-state index contributed by atoms with van der Waals surface area (Å²) >= 11 is 0. The van der Waals surface area contributed by atoms with Crippen LogP contribution in [0.1, 0.15) is 20.3 Å². The first-order chi connectivity index (χ1) is 8.32. The predicted octanol–water partition coefficient (Wildman–Crippen LogP) is 1.49. The lowest BCUT2D eigenvalue weighted by atomic mass is 10.2. The molecular formula is C11H16N2O4S. The van der Waals surface area contributed by atoms with E-state index in [2.05, 4.69) is 0 Å². The third-order valence-electron chi connectivity index (χ3n) is 2.93. The number of hydrogen-bond acceptors (Lipinski definition) is 5. The average molecular weight is 272 g/mol. The van der Waals surface area contributed by atoms with Crippen molar-refractivity contribution in [3.63, 3.8) is 0 Å². The highest BCUT2D eigenvalue weighted by Crippen LogP contribution is 2.27. The van der Waals surface area contributed by atoms with Gasteiger partial charge in [-0.3, -0.25) is 10.1 Å². The van der Waals surface area contributed by atoms with Gasteiger partial charge >= 0.3 is 0 Å². The fourth-order valence-electron chi connectivity index (χ4n) is 1.61. The van der Waals surface area contributed by atoms with Crippen LogP contribution in [-0.4, -0.2) is 24.6 Å². The number of sulfone groups is 1. The molecular weight excluding hydrogens is 256 g/mol. The van der Waals surface area contributed by atoms with Gasteiger partial charge in [0.2, 0.25) is 0 Å². The van der Waals surface area contributed by atoms with Gasteiger partial charge in [-0.15, -0.1) is 0 Å². The molecule has 0 bridgehead atoms. The van der Waals surface area contributed by atoms with Crippen LogP contribution in [0.3, 0.4) is 0 Å². The molecule has 0 aliphatic heterocycles. The summed E-state index contributed by atoms with van der Waals surface area (Å²) in [7, 11) is -3.79. The van der Waals surface area contributed by atoms with Crippen LogP contribution in [-0.2, 0) is 9.84 Å². The van der Waals surface area contributed by atoms with Crippen molar-refractivity contribution < 1.29 is 13.3 Å². The molecule has 1 rings (SSSR count). The van der Waals surface area contributed by atoms with Crippen molar-refractivity contribution in [2.75, 3.05) is 0 Å². The van der Waals surface area contributed by atoms with Crippen LogP contribution in [0.5, 0.6) is 0 Å². The highest BCUT2D eigenvalue weighted by Gasteiger charge is 2.33. The Morgan fingerprint density at radius 3 is 2.44 bits per heavy atom. The molecule has 0 saturated heterocycles. The Bertz CT molecular complexity index is 542. The molecule has 2 unspecified atom stereocenters. The molecule has 0 radical (unpaired) electrons. The van der Waals surface area contributed by atoms with E-state index in [4.69, 9.17) is 5.73 Å². The van der Waals surface area contributed by atoms with Gasteiger partial charge in [-0.2, -0.15) is 0 Å². The molecule has 0 aliphatic rings. The van der Waals surface area contributed by atoms with Crippen molar-refractivity contribution >= 4 is 15.5 Å². The Morgan fingerprint density at radius 1 is 1.39 bits per heavy atom. The fraction of sp³-hybridized carbons (Fsp3) is 0.455. The van der Waals surface area contributed by atoms with Gasteiger partial charge in [0, 0.05) is 12.1 Å². The number of nitro benzene ring substituents is 1. The van der Waals surface area contributed by atoms with E-state index in [-0.39, 0.29) is 4.90 Å². The van der Waals surface area contributed by atoms with Crippen molar-refractivity contribution in [2.45, 2.75) is 36.5 Å². The first-order valence-corrected chi connectivity index (χ1v) is 7.09. The highest BCUT2D eigenvalue weighted by molar-refractivity contribution is 7.92. The summed E-state index contributed by atoms with van der Waals surface area (Å²) in [4.78, 5) is 9.87. The molecule has 0 spiro atoms. The molecule has 2 atom stereocenters. The number of nitrogens with two attached hydrogens (primary N) is 1. The zero-order valence-corrected chi connectivity index (χ0v) is 11.1. The molecule has 0 heterocycles. The monoisotopic (exact) mass is 272 g/mol. The Kier molecular flexibility index (Phi) is 4.42. The van der Waals surface area contributed by atoms with Gasteiger partial charge in [-0.05, 0) is 19.4 Å². The fourth-order valence-corrected chi connectivity index (χ4v) is 3.37. The average Bonchev–Trinajstić information content (AvgIpc) is 2.36. The second kappa shape index (κ2) is 5.45. The summed E-state index contributed by atoms with van der Waals surface area (Å²) in [6.07, 6.45) is 0.487. The minimum absolute atomic E-state index is 0.272. The van der Waals surface area contributed by atoms with E-state index >= 15 is 0 Å². The van der Waals surface area contributed by atoms with Crippen molar-refractivity contribution in [1.29, 1.82) is 0 Å². The van der Waals surface area contributed by atoms with E-state index in [0.29, 0.717) is 6.42 Å². The standard InChI is InChI=1S/C11H16N2O4S/c1-3-9(12)8(2)18(16,17)11-7-5-4-6-10(11)13(14)15/h4-9H,3,12H2,1-2H3. The maximum Gasteiger partial charge on any atom is 0.287 e. The van der Waals surface area contributed by atoms with E-state index in [1.165, 1.54) is 31.2 Å². The zero-order chi connectivity index (χ0) is 13.9. The summed E-state index contributed by atoms with van der Waals surface area (Å²) in [5.74, 6) is 0. The molecule has 0 fully saturated rings. The Morgan fingerprint density at radius 2 is 1.94 bits per heavy atom. The second-order valence-electron chi connectivity index (χ2n) is 4.05. The van der Waals surface area contributed by atoms with Crippen LogP contribution in [0.15, 0.2) is 29.2 Å². The van der Waals surface area contributed by atoms with E-state index in [1.54, 1.807) is 6.92 Å². The van der Waals surface area contributed by atoms with Crippen LogP contribution in [0.25, 0.3) is 0 Å². The maximum atomic E-state index is 12.3. The van der Waals surface area contributed by atoms with Gasteiger partial charge in [-0.1, -0.05) is 19.1 Å². The van der Waals surface area contributed by atoms with Gasteiger partial charge in [0.15, 0.2) is 9.84 Å². The van der Waals surface area contributed by atoms with Crippen molar-refractivity contribution in [3.05, 3.63) is 34.4 Å². The molecule has 1 aromatic rings. The van der Waals surface area contributed by atoms with Crippen LogP contribution in [0.2, 0.25) is 0 Å². The first-order valence-electron chi connectivity index (χ1n) is 5.55. The zero-order valence-electron chi connectivity index (χ0n) is 10.2. The first kappa shape index (κ1) is 14.6. The van der Waals surface area contributed by atoms with Crippen LogP contribution in [0, 0.1) is 10.1 Å². The summed E-state index contributed by atoms with van der Waals surface area (Å²) in [5.41, 5.74) is 5.31. The minimum atomic E-state index is -3.79. The van der Waals surface area contributed by atoms with Gasteiger partial charge in [0.05, 0.1) is 10.2 Å². The number of hydrogen-bond donors (Lipinski definition) is 1. The molecule has 0 aromatic heterocycles. The summed E-state index contributed by atoms with van der Waals surface area (Å²) < 4.78 is 24.5. The maximum absolute atomic E-state index is 12.3. The largest absolute Gasteiger partial charge is 0.327 e. The van der Waals surface area contributed by atoms with Crippen molar-refractivity contribution in [2.24, 2.45) is 5.73 Å². The van der Waals surface area contributed by atoms with Gasteiger partial charge in [-0.25, -0.2) is 8.42 Å². The van der Waals surface area contributed by atoms with Crippen molar-refractivity contribution in [3.8, 4) is 0 Å². The number of nitro groups is 1. The van der Waals surface area contributed by atoms with Crippen LogP contribution >= 0.6 is 0 Å². The SMILES string of the molecule is CCC(N)C(C)S(=O)(=O)c1ccccc1[N+](=O)[O-]. The third-order valence-corrected chi connectivity index (χ3v) is 5.22. The lowest BCUT2D eigenvalue weighted by molar-refractivity contribution is -0.387. The molecule has 6 nitrogen and oxygen atoms in total. The smallest absolute Gasteiger partial charge is 0.287 e. The van der Waals surface area contributed by atoms with Crippen molar-refractivity contribution in [1.82, 2.24) is 0 Å². The molecule has 7 heteroatoms. The van der Waals surface area contributed by atoms with Crippen LogP contribution in [0.4, 0.5) is 5.69 Å². The molecule has 0 aliphatic carbocycles. The Hall–Kier alpha value is -1.47. The summed E-state index contributed by atoms with van der Waals surface area (Å²) in [5, 5.41) is 9.98. The number of para-hydroxylation sites is 1. The molecule has 0 amide bonds. The molecule has 2 N–H and O–H groups in total.